The maximum absolute atomic E-state index is 12.1. The molecule has 0 unspecified atom stereocenters. The van der Waals surface area contributed by atoms with Crippen LogP contribution in [0.4, 0.5) is 5.69 Å². The second-order valence-electron chi connectivity index (χ2n) is 4.21. The molecule has 7 nitrogen and oxygen atoms in total. The normalized spacial score (nSPS) is 10.3. The summed E-state index contributed by atoms with van der Waals surface area (Å²) in [5.41, 5.74) is 6.65. The second kappa shape index (κ2) is 6.05. The van der Waals surface area contributed by atoms with Gasteiger partial charge in [-0.2, -0.15) is 0 Å². The number of ether oxygens (including phenoxy) is 1. The number of methoxy groups -OCH3 is 1. The Morgan fingerprint density at radius 2 is 2.25 bits per heavy atom. The van der Waals surface area contributed by atoms with E-state index in [1.54, 1.807) is 24.5 Å². The predicted molar refractivity (Wildman–Crippen MR) is 74.3 cm³/mol. The number of amides is 1. The van der Waals surface area contributed by atoms with Crippen LogP contribution in [0.15, 0.2) is 24.5 Å². The molecule has 2 rings (SSSR count). The van der Waals surface area contributed by atoms with Gasteiger partial charge in [-0.3, -0.25) is 4.79 Å². The van der Waals surface area contributed by atoms with Crippen molar-refractivity contribution in [3.8, 4) is 5.75 Å². The van der Waals surface area contributed by atoms with Gasteiger partial charge in [-0.15, -0.1) is 10.2 Å². The summed E-state index contributed by atoms with van der Waals surface area (Å²) in [4.78, 5) is 12.1. The molecule has 0 bridgehead atoms. The molecule has 0 atom stereocenters. The lowest BCUT2D eigenvalue weighted by atomic mass is 10.1. The number of aromatic nitrogens is 3. The first-order valence-electron chi connectivity index (χ1n) is 6.23. The molecule has 0 radical (unpaired) electrons. The standard InChI is InChI=1S/C13H17N5O2/c1-3-18-8-16-17-12(18)7-15-13(19)9-4-10(14)6-11(5-9)20-2/h4-6,8H,3,7,14H2,1-2H3,(H,15,19). The van der Waals surface area contributed by atoms with Gasteiger partial charge in [-0.1, -0.05) is 0 Å². The first kappa shape index (κ1) is 13.9. The van der Waals surface area contributed by atoms with Crippen molar-refractivity contribution in [3.63, 3.8) is 0 Å². The lowest BCUT2D eigenvalue weighted by Gasteiger charge is -2.08. The number of benzene rings is 1. The van der Waals surface area contributed by atoms with E-state index in [1.807, 2.05) is 11.5 Å². The van der Waals surface area contributed by atoms with E-state index in [2.05, 4.69) is 15.5 Å². The van der Waals surface area contributed by atoms with Gasteiger partial charge < -0.3 is 20.4 Å². The van der Waals surface area contributed by atoms with E-state index in [4.69, 9.17) is 10.5 Å². The number of nitrogens with two attached hydrogens (primary N) is 1. The van der Waals surface area contributed by atoms with Gasteiger partial charge in [0.2, 0.25) is 0 Å². The van der Waals surface area contributed by atoms with Crippen molar-refractivity contribution in [2.45, 2.75) is 20.0 Å². The molecule has 0 saturated heterocycles. The highest BCUT2D eigenvalue weighted by Crippen LogP contribution is 2.18. The van der Waals surface area contributed by atoms with Crippen molar-refractivity contribution in [1.29, 1.82) is 0 Å². The lowest BCUT2D eigenvalue weighted by Crippen LogP contribution is -2.24. The first-order valence-corrected chi connectivity index (χ1v) is 6.23. The Hall–Kier alpha value is -2.57. The molecule has 3 N–H and O–H groups in total. The summed E-state index contributed by atoms with van der Waals surface area (Å²) in [5.74, 6) is 1.02. The third kappa shape index (κ3) is 3.05. The number of nitrogens with one attached hydrogen (secondary N) is 1. The fraction of sp³-hybridized carbons (Fsp3) is 0.308. The molecule has 0 aliphatic carbocycles. The number of aryl methyl sites for hydroxylation is 1. The number of rotatable bonds is 5. The molecule has 0 spiro atoms. The van der Waals surface area contributed by atoms with Gasteiger partial charge in [0.15, 0.2) is 5.82 Å². The van der Waals surface area contributed by atoms with E-state index >= 15 is 0 Å². The minimum absolute atomic E-state index is 0.235. The molecule has 2 aromatic rings. The molecule has 7 heteroatoms. The molecular weight excluding hydrogens is 258 g/mol. The second-order valence-corrected chi connectivity index (χ2v) is 4.21. The maximum atomic E-state index is 12.1. The number of anilines is 1. The van der Waals surface area contributed by atoms with Crippen molar-refractivity contribution in [2.75, 3.05) is 12.8 Å². The smallest absolute Gasteiger partial charge is 0.251 e. The molecule has 0 fully saturated rings. The zero-order valence-corrected chi connectivity index (χ0v) is 11.5. The number of nitrogens with zero attached hydrogens (tertiary/aromatic N) is 3. The van der Waals surface area contributed by atoms with Gasteiger partial charge in [-0.05, 0) is 19.1 Å². The van der Waals surface area contributed by atoms with Crippen molar-refractivity contribution in [1.82, 2.24) is 20.1 Å². The van der Waals surface area contributed by atoms with Crippen LogP contribution in [-0.2, 0) is 13.1 Å². The SMILES string of the molecule is CCn1cnnc1CNC(=O)c1cc(N)cc(OC)c1. The van der Waals surface area contributed by atoms with E-state index in [1.165, 1.54) is 7.11 Å². The molecule has 0 aliphatic heterocycles. The zero-order valence-electron chi connectivity index (χ0n) is 11.5. The van der Waals surface area contributed by atoms with Gasteiger partial charge in [0.1, 0.15) is 12.1 Å². The fourth-order valence-electron chi connectivity index (χ4n) is 1.81. The molecule has 0 aliphatic rings. The van der Waals surface area contributed by atoms with Crippen LogP contribution >= 0.6 is 0 Å². The Morgan fingerprint density at radius 1 is 1.45 bits per heavy atom. The molecule has 1 heterocycles. The molecule has 0 saturated carbocycles. The summed E-state index contributed by atoms with van der Waals surface area (Å²) in [6.45, 7) is 3.05. The van der Waals surface area contributed by atoms with Crippen LogP contribution in [0, 0.1) is 0 Å². The number of carbonyl (C=O) groups is 1. The van der Waals surface area contributed by atoms with Crippen molar-refractivity contribution >= 4 is 11.6 Å². The Kier molecular flexibility index (Phi) is 4.19. The number of nitrogen functional groups attached to an aromatic ring is 1. The van der Waals surface area contributed by atoms with Gasteiger partial charge >= 0.3 is 0 Å². The summed E-state index contributed by atoms with van der Waals surface area (Å²) in [6, 6.07) is 4.89. The number of hydrogen-bond donors (Lipinski definition) is 2. The number of hydrogen-bond acceptors (Lipinski definition) is 5. The van der Waals surface area contributed by atoms with Crippen LogP contribution < -0.4 is 15.8 Å². The van der Waals surface area contributed by atoms with Gasteiger partial charge in [0.05, 0.1) is 13.7 Å². The summed E-state index contributed by atoms with van der Waals surface area (Å²) in [5, 5.41) is 10.5. The lowest BCUT2D eigenvalue weighted by molar-refractivity contribution is 0.0949. The van der Waals surface area contributed by atoms with Gasteiger partial charge in [-0.25, -0.2) is 0 Å². The topological polar surface area (TPSA) is 95.1 Å². The highest BCUT2D eigenvalue weighted by molar-refractivity contribution is 5.95. The van der Waals surface area contributed by atoms with Crippen molar-refractivity contribution in [2.24, 2.45) is 0 Å². The highest BCUT2D eigenvalue weighted by atomic mass is 16.5. The third-order valence-corrected chi connectivity index (χ3v) is 2.87. The van der Waals surface area contributed by atoms with Crippen molar-refractivity contribution in [3.05, 3.63) is 35.9 Å². The van der Waals surface area contributed by atoms with Crippen LogP contribution in [0.25, 0.3) is 0 Å². The first-order chi connectivity index (χ1) is 9.63. The van der Waals surface area contributed by atoms with E-state index in [-0.39, 0.29) is 5.91 Å². The predicted octanol–water partition coefficient (Wildman–Crippen LogP) is 0.819. The van der Waals surface area contributed by atoms with Gasteiger partial charge in [0, 0.05) is 23.9 Å². The Bertz CT molecular complexity index is 609. The molecule has 1 aromatic carbocycles. The van der Waals surface area contributed by atoms with E-state index in [0.717, 1.165) is 6.54 Å². The Balaban J connectivity index is 2.07. The van der Waals surface area contributed by atoms with Gasteiger partial charge in [0.25, 0.3) is 5.91 Å². The minimum Gasteiger partial charge on any atom is -0.497 e. The highest BCUT2D eigenvalue weighted by Gasteiger charge is 2.10. The third-order valence-electron chi connectivity index (χ3n) is 2.87. The summed E-state index contributed by atoms with van der Waals surface area (Å²) >= 11 is 0. The van der Waals surface area contributed by atoms with Crippen LogP contribution in [0.3, 0.4) is 0 Å². The summed E-state index contributed by atoms with van der Waals surface area (Å²) < 4.78 is 6.95. The van der Waals surface area contributed by atoms with Crippen LogP contribution in [0.5, 0.6) is 5.75 Å². The fourth-order valence-corrected chi connectivity index (χ4v) is 1.81. The van der Waals surface area contributed by atoms with E-state index in [9.17, 15) is 4.79 Å². The van der Waals surface area contributed by atoms with E-state index < -0.39 is 0 Å². The largest absolute Gasteiger partial charge is 0.497 e. The summed E-state index contributed by atoms with van der Waals surface area (Å²) in [6.07, 6.45) is 1.63. The monoisotopic (exact) mass is 275 g/mol. The van der Waals surface area contributed by atoms with Crippen LogP contribution in [0.2, 0.25) is 0 Å². The average molecular weight is 275 g/mol. The van der Waals surface area contributed by atoms with Crippen LogP contribution in [-0.4, -0.2) is 27.8 Å². The average Bonchev–Trinajstić information content (AvgIpc) is 2.91. The molecular formula is C13H17N5O2. The Labute approximate surface area is 116 Å². The Morgan fingerprint density at radius 3 is 2.95 bits per heavy atom. The van der Waals surface area contributed by atoms with Crippen molar-refractivity contribution < 1.29 is 9.53 Å². The quantitative estimate of drug-likeness (QED) is 0.788. The molecule has 106 valence electrons. The maximum Gasteiger partial charge on any atom is 0.251 e. The van der Waals surface area contributed by atoms with E-state index in [0.29, 0.717) is 29.4 Å². The molecule has 20 heavy (non-hydrogen) atoms. The zero-order chi connectivity index (χ0) is 14.5. The summed E-state index contributed by atoms with van der Waals surface area (Å²) in [7, 11) is 1.53. The minimum atomic E-state index is -0.235. The molecule has 1 amide bonds. The van der Waals surface area contributed by atoms with Crippen LogP contribution in [0.1, 0.15) is 23.1 Å². The molecule has 1 aromatic heterocycles. The number of carbonyl (C=O) groups excluding carboxylic acids is 1.